The fourth-order valence-corrected chi connectivity index (χ4v) is 0.621. The topological polar surface area (TPSA) is 111 Å². The fourth-order valence-electron chi connectivity index (χ4n) is 0.621. The summed E-state index contributed by atoms with van der Waals surface area (Å²) in [6, 6.07) is 0. The number of hydrogen-bond acceptors (Lipinski definition) is 6. The van der Waals surface area contributed by atoms with Crippen LogP contribution in [0, 0.1) is 0 Å². The summed E-state index contributed by atoms with van der Waals surface area (Å²) in [5.74, 6) is 0. The summed E-state index contributed by atoms with van der Waals surface area (Å²) >= 11 is 0. The Balaban J connectivity index is -0.0000000772. The van der Waals surface area contributed by atoms with Gasteiger partial charge in [-0.3, -0.25) is 0 Å². The van der Waals surface area contributed by atoms with Gasteiger partial charge in [-0.2, -0.15) is 0 Å². The van der Waals surface area contributed by atoms with Crippen LogP contribution in [0.5, 0.6) is 0 Å². The van der Waals surface area contributed by atoms with Crippen LogP contribution in [0.2, 0.25) is 0 Å². The van der Waals surface area contributed by atoms with E-state index >= 15 is 0 Å². The second-order valence-electron chi connectivity index (χ2n) is 5.55. The number of unbranched alkanes of at least 4 members (excludes halogenated alkanes) is 1. The Bertz CT molecular complexity index is 156. The number of ether oxygens (including phenoxy) is 2. The molecule has 0 bridgehead atoms. The molecule has 0 aliphatic rings. The van der Waals surface area contributed by atoms with Crippen molar-refractivity contribution < 1.29 is 51.6 Å². The molecule has 0 radical (unpaired) electrons. The molecular formula is C17H38O6Ti. The van der Waals surface area contributed by atoms with E-state index in [0.29, 0.717) is 13.2 Å². The van der Waals surface area contributed by atoms with Crippen LogP contribution in [0.1, 0.15) is 68.2 Å². The van der Waals surface area contributed by atoms with Crippen molar-refractivity contribution in [2.45, 2.75) is 92.8 Å². The quantitative estimate of drug-likeness (QED) is 0.340. The smallest absolute Gasteiger partial charge is 0.852 e. The minimum atomic E-state index is -0.926. The molecule has 0 saturated carbocycles. The van der Waals surface area contributed by atoms with E-state index in [1.165, 1.54) is 6.92 Å². The monoisotopic (exact) mass is 386 g/mol. The van der Waals surface area contributed by atoms with Crippen molar-refractivity contribution in [1.82, 2.24) is 0 Å². The summed E-state index contributed by atoms with van der Waals surface area (Å²) in [6.07, 6.45) is 0.0379. The van der Waals surface area contributed by atoms with Gasteiger partial charge in [0.1, 0.15) is 0 Å². The third-order valence-electron chi connectivity index (χ3n) is 1.22. The molecule has 0 amide bonds. The zero-order valence-corrected chi connectivity index (χ0v) is 18.4. The zero-order valence-electron chi connectivity index (χ0n) is 16.8. The van der Waals surface area contributed by atoms with Gasteiger partial charge in [0.15, 0.2) is 0 Å². The molecule has 6 nitrogen and oxygen atoms in total. The van der Waals surface area contributed by atoms with E-state index in [1.807, 2.05) is 0 Å². The van der Waals surface area contributed by atoms with E-state index in [0.717, 1.165) is 19.4 Å². The Morgan fingerprint density at radius 3 is 1.25 bits per heavy atom. The van der Waals surface area contributed by atoms with E-state index < -0.39 is 24.6 Å². The van der Waals surface area contributed by atoms with Gasteiger partial charge < -0.3 is 29.9 Å². The van der Waals surface area contributed by atoms with Crippen molar-refractivity contribution in [3.05, 3.63) is 0 Å². The molecule has 1 unspecified atom stereocenters. The predicted molar refractivity (Wildman–Crippen MR) is 86.5 cm³/mol. The van der Waals surface area contributed by atoms with Crippen molar-refractivity contribution in [3.8, 4) is 0 Å². The third kappa shape index (κ3) is 144. The third-order valence-corrected chi connectivity index (χ3v) is 1.22. The first-order valence-corrected chi connectivity index (χ1v) is 8.29. The molecule has 0 aliphatic carbocycles. The molecule has 1 atom stereocenters. The average Bonchev–Trinajstić information content (AvgIpc) is 2.31. The molecule has 0 aromatic heterocycles. The maximum absolute atomic E-state index is 10.3. The maximum Gasteiger partial charge on any atom is 4.00 e. The van der Waals surface area contributed by atoms with E-state index in [4.69, 9.17) is 9.47 Å². The van der Waals surface area contributed by atoms with E-state index in [2.05, 4.69) is 6.92 Å². The molecule has 0 saturated heterocycles. The van der Waals surface area contributed by atoms with Gasteiger partial charge in [0.2, 0.25) is 0 Å². The predicted octanol–water partition coefficient (Wildman–Crippen LogP) is -0.211. The minimum absolute atomic E-state index is 0. The van der Waals surface area contributed by atoms with Crippen molar-refractivity contribution in [2.75, 3.05) is 19.8 Å². The molecule has 0 N–H and O–H groups in total. The Morgan fingerprint density at radius 2 is 1.00 bits per heavy atom. The van der Waals surface area contributed by atoms with Crippen molar-refractivity contribution >= 4 is 0 Å². The van der Waals surface area contributed by atoms with Crippen LogP contribution in [0.25, 0.3) is 0 Å². The molecule has 7 heteroatoms. The normalized spacial score (nSPS) is 10.6. The molecule has 0 aromatic rings. The molecule has 0 aliphatic heterocycles. The summed E-state index contributed by atoms with van der Waals surface area (Å²) in [4.78, 5) is 0. The SMILES string of the molecule is CC(C)[O-].CC(C)[O-].CC(C)[O-].CCCCOCCOC(C)[O-].[Ti+4]. The van der Waals surface area contributed by atoms with Crippen LogP contribution < -0.4 is 20.4 Å². The van der Waals surface area contributed by atoms with Crippen molar-refractivity contribution in [1.29, 1.82) is 0 Å². The van der Waals surface area contributed by atoms with E-state index in [9.17, 15) is 20.4 Å². The van der Waals surface area contributed by atoms with E-state index in [-0.39, 0.29) is 21.7 Å². The number of hydrogen-bond donors (Lipinski definition) is 0. The molecule has 0 fully saturated rings. The molecule has 0 aromatic carbocycles. The standard InChI is InChI=1S/C8H17O3.3C3H7O.Ti/c1-3-4-5-10-6-7-11-8(2)9;3*1-3(2)4;/h8H,3-7H2,1-2H3;3*3H,1-2H3;/q4*-1;+4. The summed E-state index contributed by atoms with van der Waals surface area (Å²) < 4.78 is 9.90. The van der Waals surface area contributed by atoms with Gasteiger partial charge in [-0.25, -0.2) is 0 Å². The first kappa shape index (κ1) is 35.6. The zero-order chi connectivity index (χ0) is 19.3. The molecule has 24 heavy (non-hydrogen) atoms. The fraction of sp³-hybridized carbons (Fsp3) is 1.00. The second-order valence-corrected chi connectivity index (χ2v) is 5.55. The summed E-state index contributed by atoms with van der Waals surface area (Å²) in [5.41, 5.74) is 0. The maximum atomic E-state index is 10.3. The molecule has 146 valence electrons. The van der Waals surface area contributed by atoms with Gasteiger partial charge in [-0.15, -0.1) is 18.3 Å². The first-order valence-electron chi connectivity index (χ1n) is 8.29. The van der Waals surface area contributed by atoms with Crippen LogP contribution in [-0.4, -0.2) is 44.4 Å². The average molecular weight is 386 g/mol. The first-order chi connectivity index (χ1) is 10.5. The van der Waals surface area contributed by atoms with Gasteiger partial charge in [0.25, 0.3) is 0 Å². The van der Waals surface area contributed by atoms with Crippen LogP contribution in [0.15, 0.2) is 0 Å². The molecule has 0 heterocycles. The van der Waals surface area contributed by atoms with Gasteiger partial charge in [0, 0.05) is 6.61 Å². The Morgan fingerprint density at radius 1 is 0.667 bits per heavy atom. The Kier molecular flexibility index (Phi) is 46.3. The summed E-state index contributed by atoms with van der Waals surface area (Å²) in [6.45, 7) is 15.0. The van der Waals surface area contributed by atoms with Crippen molar-refractivity contribution in [2.24, 2.45) is 0 Å². The summed E-state index contributed by atoms with van der Waals surface area (Å²) in [7, 11) is 0. The van der Waals surface area contributed by atoms with E-state index in [1.54, 1.807) is 41.5 Å². The van der Waals surface area contributed by atoms with Gasteiger partial charge in [-0.1, -0.05) is 61.8 Å². The van der Waals surface area contributed by atoms with Crippen LogP contribution in [0.4, 0.5) is 0 Å². The Hall–Kier alpha value is 0.474. The van der Waals surface area contributed by atoms with Gasteiger partial charge >= 0.3 is 21.7 Å². The van der Waals surface area contributed by atoms with Crippen LogP contribution in [0.3, 0.4) is 0 Å². The molecule has 0 spiro atoms. The summed E-state index contributed by atoms with van der Waals surface area (Å²) in [5, 5.41) is 38.9. The Labute approximate surface area is 164 Å². The molecular weight excluding hydrogens is 348 g/mol. The van der Waals surface area contributed by atoms with Crippen LogP contribution in [-0.2, 0) is 31.2 Å². The second kappa shape index (κ2) is 31.3. The molecule has 0 rings (SSSR count). The van der Waals surface area contributed by atoms with Gasteiger partial charge in [0.05, 0.1) is 13.2 Å². The number of rotatable bonds is 7. The van der Waals surface area contributed by atoms with Gasteiger partial charge in [-0.05, 0) is 12.7 Å². The minimum Gasteiger partial charge on any atom is -0.852 e. The van der Waals surface area contributed by atoms with Crippen molar-refractivity contribution in [3.63, 3.8) is 0 Å². The van der Waals surface area contributed by atoms with Crippen LogP contribution >= 0.6 is 0 Å². The largest absolute Gasteiger partial charge is 4.00 e.